The third-order valence-electron chi connectivity index (χ3n) is 3.62. The molecule has 0 saturated carbocycles. The molecule has 1 fully saturated rings. The average Bonchev–Trinajstić information content (AvgIpc) is 3.02. The zero-order chi connectivity index (χ0) is 16.7. The van der Waals surface area contributed by atoms with Crippen molar-refractivity contribution in [1.29, 1.82) is 5.26 Å². The summed E-state index contributed by atoms with van der Waals surface area (Å²) in [5, 5.41) is 8.82. The minimum atomic E-state index is 0.315. The van der Waals surface area contributed by atoms with Gasteiger partial charge in [0.25, 0.3) is 0 Å². The Morgan fingerprint density at radius 1 is 1.04 bits per heavy atom. The maximum atomic E-state index is 8.82. The fraction of sp³-hybridized carbons (Fsp3) is 0.316. The first-order valence-corrected chi connectivity index (χ1v) is 8.81. The van der Waals surface area contributed by atoms with E-state index < -0.39 is 0 Å². The molecule has 0 aromatic heterocycles. The number of nitriles is 1. The average molecular weight is 325 g/mol. The monoisotopic (exact) mass is 325 g/mol. The van der Waals surface area contributed by atoms with Gasteiger partial charge in [0.05, 0.1) is 11.6 Å². The molecule has 2 aromatic carbocycles. The molecule has 120 valence electrons. The molecule has 4 heteroatoms. The third-order valence-corrected chi connectivity index (χ3v) is 4.70. The molecule has 0 amide bonds. The van der Waals surface area contributed by atoms with Crippen LogP contribution in [0.15, 0.2) is 53.4 Å². The molecule has 0 spiro atoms. The highest BCUT2D eigenvalue weighted by molar-refractivity contribution is 7.97. The predicted molar refractivity (Wildman–Crippen MR) is 98.0 cm³/mol. The van der Waals surface area contributed by atoms with Crippen molar-refractivity contribution in [1.82, 2.24) is 4.31 Å². The van der Waals surface area contributed by atoms with E-state index in [0.29, 0.717) is 11.6 Å². The molecule has 1 saturated heterocycles. The highest BCUT2D eigenvalue weighted by atomic mass is 32.2. The second-order valence-corrected chi connectivity index (χ2v) is 6.41. The largest absolute Gasteiger partial charge is 0.326 e. The lowest BCUT2D eigenvalue weighted by Crippen LogP contribution is -2.22. The van der Waals surface area contributed by atoms with Crippen molar-refractivity contribution in [3.05, 3.63) is 54.1 Å². The molecule has 0 aliphatic carbocycles. The van der Waals surface area contributed by atoms with Crippen LogP contribution in [0.3, 0.4) is 0 Å². The molecule has 2 aromatic rings. The van der Waals surface area contributed by atoms with E-state index in [1.54, 1.807) is 11.9 Å². The Kier molecular flexibility index (Phi) is 6.66. The van der Waals surface area contributed by atoms with E-state index in [2.05, 4.69) is 34.6 Å². The molecule has 1 atom stereocenters. The van der Waals surface area contributed by atoms with Crippen LogP contribution in [-0.2, 0) is 0 Å². The van der Waals surface area contributed by atoms with Gasteiger partial charge in [0.15, 0.2) is 0 Å². The van der Waals surface area contributed by atoms with E-state index in [-0.39, 0.29) is 0 Å². The fourth-order valence-corrected chi connectivity index (χ4v) is 3.45. The van der Waals surface area contributed by atoms with Crippen LogP contribution in [0.1, 0.15) is 25.8 Å². The second-order valence-electron chi connectivity index (χ2n) is 5.24. The van der Waals surface area contributed by atoms with Gasteiger partial charge in [0, 0.05) is 24.0 Å². The summed E-state index contributed by atoms with van der Waals surface area (Å²) >= 11 is 1.78. The Morgan fingerprint density at radius 2 is 1.61 bits per heavy atom. The van der Waals surface area contributed by atoms with Crippen molar-refractivity contribution in [3.8, 4) is 17.2 Å². The van der Waals surface area contributed by atoms with E-state index in [1.165, 1.54) is 10.5 Å². The quantitative estimate of drug-likeness (QED) is 0.855. The lowest BCUT2D eigenvalue weighted by molar-refractivity contribution is 0.573. The van der Waals surface area contributed by atoms with Crippen molar-refractivity contribution in [2.45, 2.75) is 31.2 Å². The molecule has 1 aliphatic heterocycles. The van der Waals surface area contributed by atoms with Gasteiger partial charge in [-0.1, -0.05) is 38.1 Å². The van der Waals surface area contributed by atoms with Gasteiger partial charge in [0.2, 0.25) is 0 Å². The van der Waals surface area contributed by atoms with Gasteiger partial charge in [-0.3, -0.25) is 0 Å². The van der Waals surface area contributed by atoms with Gasteiger partial charge < -0.3 is 5.73 Å². The minimum absolute atomic E-state index is 0.315. The highest BCUT2D eigenvalue weighted by Gasteiger charge is 2.19. The summed E-state index contributed by atoms with van der Waals surface area (Å²) in [6.45, 7) is 6.02. The summed E-state index contributed by atoms with van der Waals surface area (Å²) in [4.78, 5) is 1.24. The summed E-state index contributed by atoms with van der Waals surface area (Å²) in [6.07, 6.45) is 1.08. The van der Waals surface area contributed by atoms with Crippen LogP contribution in [0.4, 0.5) is 0 Å². The van der Waals surface area contributed by atoms with Gasteiger partial charge in [-0.25, -0.2) is 4.31 Å². The predicted octanol–water partition coefficient (Wildman–Crippen LogP) is 4.29. The number of rotatable bonds is 3. The van der Waals surface area contributed by atoms with Gasteiger partial charge in [-0.2, -0.15) is 5.26 Å². The molecule has 1 unspecified atom stereocenters. The van der Waals surface area contributed by atoms with E-state index >= 15 is 0 Å². The van der Waals surface area contributed by atoms with Crippen LogP contribution in [0.25, 0.3) is 11.1 Å². The van der Waals surface area contributed by atoms with E-state index in [1.807, 2.05) is 38.1 Å². The number of hydrogen-bond acceptors (Lipinski definition) is 4. The Morgan fingerprint density at radius 3 is 2.09 bits per heavy atom. The SMILES string of the molecule is CC.N#Cc1ccc(-c2ccc(SN3CCC(N)C3)cc2)cc1. The molecule has 2 N–H and O–H groups in total. The lowest BCUT2D eigenvalue weighted by atomic mass is 10.0. The van der Waals surface area contributed by atoms with Crippen molar-refractivity contribution in [3.63, 3.8) is 0 Å². The number of nitrogens with two attached hydrogens (primary N) is 1. The van der Waals surface area contributed by atoms with Crippen molar-refractivity contribution in [2.75, 3.05) is 13.1 Å². The maximum Gasteiger partial charge on any atom is 0.0991 e. The molecular weight excluding hydrogens is 302 g/mol. The third kappa shape index (κ3) is 4.84. The number of nitrogens with zero attached hydrogens (tertiary/aromatic N) is 2. The first kappa shape index (κ1) is 17.6. The molecule has 3 nitrogen and oxygen atoms in total. The Labute approximate surface area is 143 Å². The van der Waals surface area contributed by atoms with Gasteiger partial charge in [0.1, 0.15) is 0 Å². The first-order valence-electron chi connectivity index (χ1n) is 8.04. The smallest absolute Gasteiger partial charge is 0.0991 e. The standard InChI is InChI=1S/C17H17N3S.C2H6/c18-11-13-1-3-14(4-2-13)15-5-7-17(8-6-15)21-20-10-9-16(19)12-20;1-2/h1-8,16H,9-10,12,19H2;1-2H3. The normalized spacial score (nSPS) is 17.2. The van der Waals surface area contributed by atoms with Crippen molar-refractivity contribution >= 4 is 11.9 Å². The van der Waals surface area contributed by atoms with Crippen LogP contribution in [-0.4, -0.2) is 23.4 Å². The van der Waals surface area contributed by atoms with Crippen LogP contribution in [0.2, 0.25) is 0 Å². The minimum Gasteiger partial charge on any atom is -0.326 e. The lowest BCUT2D eigenvalue weighted by Gasteiger charge is -2.14. The molecule has 1 aliphatic rings. The second kappa shape index (κ2) is 8.73. The molecule has 0 radical (unpaired) electrons. The Hall–Kier alpha value is -1.80. The molecule has 3 rings (SSSR count). The van der Waals surface area contributed by atoms with Crippen LogP contribution < -0.4 is 5.73 Å². The maximum absolute atomic E-state index is 8.82. The topological polar surface area (TPSA) is 53.0 Å². The summed E-state index contributed by atoms with van der Waals surface area (Å²) in [7, 11) is 0. The summed E-state index contributed by atoms with van der Waals surface area (Å²) in [5.41, 5.74) is 8.92. The van der Waals surface area contributed by atoms with Gasteiger partial charge in [-0.05, 0) is 53.8 Å². The van der Waals surface area contributed by atoms with Crippen LogP contribution in [0, 0.1) is 11.3 Å². The van der Waals surface area contributed by atoms with Crippen LogP contribution in [0.5, 0.6) is 0 Å². The molecule has 0 bridgehead atoms. The Bertz CT molecular complexity index is 644. The molecular formula is C19H23N3S. The van der Waals surface area contributed by atoms with Gasteiger partial charge >= 0.3 is 0 Å². The number of benzene rings is 2. The van der Waals surface area contributed by atoms with Crippen molar-refractivity contribution < 1.29 is 0 Å². The number of hydrogen-bond donors (Lipinski definition) is 1. The van der Waals surface area contributed by atoms with E-state index in [0.717, 1.165) is 25.1 Å². The highest BCUT2D eigenvalue weighted by Crippen LogP contribution is 2.28. The van der Waals surface area contributed by atoms with Crippen molar-refractivity contribution in [2.24, 2.45) is 5.73 Å². The first-order chi connectivity index (χ1) is 11.2. The molecule has 1 heterocycles. The fourth-order valence-electron chi connectivity index (χ4n) is 2.43. The summed E-state index contributed by atoms with van der Waals surface area (Å²) in [5.74, 6) is 0. The summed E-state index contributed by atoms with van der Waals surface area (Å²) in [6, 6.07) is 18.7. The molecule has 23 heavy (non-hydrogen) atoms. The van der Waals surface area contributed by atoms with Crippen LogP contribution >= 0.6 is 11.9 Å². The van der Waals surface area contributed by atoms with E-state index in [4.69, 9.17) is 11.0 Å². The summed E-state index contributed by atoms with van der Waals surface area (Å²) < 4.78 is 2.32. The zero-order valence-electron chi connectivity index (χ0n) is 13.7. The Balaban J connectivity index is 0.000000924. The van der Waals surface area contributed by atoms with Gasteiger partial charge in [-0.15, -0.1) is 0 Å². The zero-order valence-corrected chi connectivity index (χ0v) is 14.5. The van der Waals surface area contributed by atoms with E-state index in [9.17, 15) is 0 Å².